The summed E-state index contributed by atoms with van der Waals surface area (Å²) in [6, 6.07) is 8.39. The van der Waals surface area contributed by atoms with Crippen molar-refractivity contribution in [3.05, 3.63) is 30.3 Å². The van der Waals surface area contributed by atoms with Crippen LogP contribution < -0.4 is 21.7 Å². The van der Waals surface area contributed by atoms with Gasteiger partial charge in [-0.25, -0.2) is 4.79 Å². The van der Waals surface area contributed by atoms with E-state index in [-0.39, 0.29) is 41.9 Å². The molecule has 1 amide bonds. The predicted octanol–water partition coefficient (Wildman–Crippen LogP) is 1.31. The number of para-hydroxylation sites is 1. The average molecular weight is 474 g/mol. The number of anilines is 1. The number of benzene rings is 1. The second kappa shape index (κ2) is 14.5. The lowest BCUT2D eigenvalue weighted by atomic mass is 10.1. The van der Waals surface area contributed by atoms with Crippen LogP contribution in [0.15, 0.2) is 35.3 Å². The quantitative estimate of drug-likeness (QED) is 0.173. The van der Waals surface area contributed by atoms with Crippen LogP contribution in [0.3, 0.4) is 0 Å². The molecule has 0 radical (unpaired) electrons. The van der Waals surface area contributed by atoms with Gasteiger partial charge >= 0.3 is 5.97 Å². The second-order valence-corrected chi connectivity index (χ2v) is 7.38. The van der Waals surface area contributed by atoms with Gasteiger partial charge in [0, 0.05) is 18.8 Å². The maximum Gasteiger partial charge on any atom is 0.326 e. The van der Waals surface area contributed by atoms with Crippen molar-refractivity contribution in [2.75, 3.05) is 29.7 Å². The van der Waals surface area contributed by atoms with Gasteiger partial charge in [-0.3, -0.25) is 14.6 Å². The van der Waals surface area contributed by atoms with Crippen molar-refractivity contribution >= 4 is 52.5 Å². The zero-order valence-corrected chi connectivity index (χ0v) is 18.7. The number of aliphatic carboxylic acids is 1. The Morgan fingerprint density at radius 2 is 1.84 bits per heavy atom. The largest absolute Gasteiger partial charge is 0.480 e. The van der Waals surface area contributed by atoms with Gasteiger partial charge in [0.1, 0.15) is 12.1 Å². The van der Waals surface area contributed by atoms with E-state index in [0.717, 1.165) is 18.7 Å². The number of hydrogen-bond acceptors (Lipinski definition) is 5. The van der Waals surface area contributed by atoms with E-state index in [0.29, 0.717) is 19.4 Å². The number of halogens is 2. The Morgan fingerprint density at radius 1 is 1.19 bits per heavy atom. The third-order valence-corrected chi connectivity index (χ3v) is 5.10. The van der Waals surface area contributed by atoms with Crippen LogP contribution in [0.5, 0.6) is 0 Å². The van der Waals surface area contributed by atoms with Crippen molar-refractivity contribution in [3.8, 4) is 0 Å². The number of amides is 1. The highest BCUT2D eigenvalue weighted by atomic mass is 35.5. The molecule has 9 nitrogen and oxygen atoms in total. The summed E-state index contributed by atoms with van der Waals surface area (Å²) >= 11 is 10.0. The number of carboxylic acid groups (broad SMARTS) is 1. The van der Waals surface area contributed by atoms with E-state index < -0.39 is 12.0 Å². The average Bonchev–Trinajstić information content (AvgIpc) is 3.26. The molecule has 31 heavy (non-hydrogen) atoms. The number of nitrogens with two attached hydrogens (primary N) is 2. The normalized spacial score (nSPS) is 15.9. The van der Waals surface area contributed by atoms with Crippen LogP contribution in [0.2, 0.25) is 0 Å². The molecule has 0 saturated carbocycles. The number of aliphatic imine (C=N–C) groups is 1. The number of nitrogens with zero attached hydrogens (tertiary/aromatic N) is 2. The maximum absolute atomic E-state index is 12.6. The summed E-state index contributed by atoms with van der Waals surface area (Å²) in [5.41, 5.74) is 11.5. The van der Waals surface area contributed by atoms with Gasteiger partial charge in [0.2, 0.25) is 5.91 Å². The van der Waals surface area contributed by atoms with Gasteiger partial charge in [0.25, 0.3) is 0 Å². The first-order valence-electron chi connectivity index (χ1n) is 9.84. The molecule has 172 valence electrons. The first-order chi connectivity index (χ1) is 14.8. The van der Waals surface area contributed by atoms with Crippen molar-refractivity contribution in [1.82, 2.24) is 5.32 Å². The zero-order chi connectivity index (χ0) is 23.2. The molecule has 1 heterocycles. The van der Waals surface area contributed by atoms with Crippen molar-refractivity contribution in [2.24, 2.45) is 16.5 Å². The number of nitrogens with one attached hydrogen (secondary N) is 1. The summed E-state index contributed by atoms with van der Waals surface area (Å²) in [5, 5.41) is 12.0. The molecule has 2 rings (SSSR count). The number of carbonyl (C=O) groups is 3. The van der Waals surface area contributed by atoms with E-state index >= 15 is 0 Å². The van der Waals surface area contributed by atoms with Crippen LogP contribution >= 0.6 is 23.2 Å². The molecule has 11 heteroatoms. The molecular formula is C20H29Cl2N5O4. The van der Waals surface area contributed by atoms with Gasteiger partial charge < -0.3 is 26.8 Å². The summed E-state index contributed by atoms with van der Waals surface area (Å²) in [4.78, 5) is 39.8. The Morgan fingerprint density at radius 3 is 2.35 bits per heavy atom. The van der Waals surface area contributed by atoms with Crippen LogP contribution in [-0.2, 0) is 14.4 Å². The fraction of sp³-hybridized carbons (Fsp3) is 0.500. The predicted molar refractivity (Wildman–Crippen MR) is 123 cm³/mol. The molecule has 1 saturated heterocycles. The number of rotatable bonds is 10. The number of carboxylic acids is 1. The highest BCUT2D eigenvalue weighted by molar-refractivity contribution is 6.35. The zero-order valence-electron chi connectivity index (χ0n) is 17.2. The minimum absolute atomic E-state index is 0.0274. The molecule has 1 aromatic rings. The molecule has 0 aliphatic carbocycles. The summed E-state index contributed by atoms with van der Waals surface area (Å²) in [6.07, 6.45) is 2.36. The Balaban J connectivity index is 0.000000703. The van der Waals surface area contributed by atoms with Crippen LogP contribution in [0, 0.1) is 0 Å². The molecule has 1 aliphatic rings. The van der Waals surface area contributed by atoms with Crippen LogP contribution in [-0.4, -0.2) is 65.7 Å². The van der Waals surface area contributed by atoms with Crippen molar-refractivity contribution in [2.45, 2.75) is 37.8 Å². The van der Waals surface area contributed by atoms with Crippen molar-refractivity contribution in [1.29, 1.82) is 0 Å². The van der Waals surface area contributed by atoms with E-state index in [4.69, 9.17) is 34.7 Å². The lowest BCUT2D eigenvalue weighted by molar-refractivity contribution is -0.142. The highest BCUT2D eigenvalue weighted by Gasteiger charge is 2.33. The Labute approximate surface area is 191 Å². The monoisotopic (exact) mass is 473 g/mol. The SMILES string of the molecule is NC(N)=NCCCC(NC(=O)C1CCCN1c1ccccc1)C(=O)O.O=C(CCl)CCl. The Hall–Kier alpha value is -2.52. The molecule has 0 aromatic heterocycles. The fourth-order valence-corrected chi connectivity index (χ4v) is 3.32. The number of carbonyl (C=O) groups excluding carboxylic acids is 2. The number of alkyl halides is 2. The van der Waals surface area contributed by atoms with E-state index in [1.807, 2.05) is 35.2 Å². The molecule has 2 atom stereocenters. The number of guanidine groups is 1. The van der Waals surface area contributed by atoms with Crippen LogP contribution in [0.1, 0.15) is 25.7 Å². The molecule has 6 N–H and O–H groups in total. The van der Waals surface area contributed by atoms with Gasteiger partial charge in [0.15, 0.2) is 11.7 Å². The molecule has 2 unspecified atom stereocenters. The lowest BCUT2D eigenvalue weighted by Gasteiger charge is -2.27. The van der Waals surface area contributed by atoms with E-state index in [2.05, 4.69) is 10.3 Å². The van der Waals surface area contributed by atoms with Gasteiger partial charge in [-0.15, -0.1) is 23.2 Å². The molecule has 0 bridgehead atoms. The standard InChI is InChI=1S/C17H25N5O3.C3H4Cl2O/c18-17(19)20-10-4-8-13(16(24)25)21-15(23)14-9-5-11-22(14)12-6-2-1-3-7-12;4-1-3(6)2-5/h1-3,6-7,13-14H,4-5,8-11H2,(H,21,23)(H,24,25)(H4,18,19,20);1-2H2. The summed E-state index contributed by atoms with van der Waals surface area (Å²) in [6.45, 7) is 1.12. The second-order valence-electron chi connectivity index (χ2n) is 6.84. The summed E-state index contributed by atoms with van der Waals surface area (Å²) < 4.78 is 0. The van der Waals surface area contributed by atoms with Gasteiger partial charge in [-0.1, -0.05) is 18.2 Å². The molecule has 1 aliphatic heterocycles. The smallest absolute Gasteiger partial charge is 0.326 e. The lowest BCUT2D eigenvalue weighted by Crippen LogP contribution is -2.49. The number of Topliss-reactive ketones (excluding diaryl/α,β-unsaturated/α-hetero) is 1. The number of hydrogen-bond donors (Lipinski definition) is 4. The van der Waals surface area contributed by atoms with Gasteiger partial charge in [-0.05, 0) is 37.8 Å². The van der Waals surface area contributed by atoms with Crippen LogP contribution in [0.4, 0.5) is 5.69 Å². The Bertz CT molecular complexity index is 738. The number of ketones is 1. The van der Waals surface area contributed by atoms with Crippen molar-refractivity contribution < 1.29 is 19.5 Å². The molecule has 1 fully saturated rings. The van der Waals surface area contributed by atoms with E-state index in [9.17, 15) is 19.5 Å². The molecule has 0 spiro atoms. The highest BCUT2D eigenvalue weighted by Crippen LogP contribution is 2.25. The third kappa shape index (κ3) is 9.89. The molecule has 1 aromatic carbocycles. The summed E-state index contributed by atoms with van der Waals surface area (Å²) in [5.74, 6) is -1.40. The molecular weight excluding hydrogens is 445 g/mol. The minimum Gasteiger partial charge on any atom is -0.480 e. The maximum atomic E-state index is 12.6. The van der Waals surface area contributed by atoms with Gasteiger partial charge in [0.05, 0.1) is 11.8 Å². The minimum atomic E-state index is -1.05. The van der Waals surface area contributed by atoms with Crippen molar-refractivity contribution in [3.63, 3.8) is 0 Å². The first kappa shape index (κ1) is 26.5. The van der Waals surface area contributed by atoms with E-state index in [1.165, 1.54) is 0 Å². The van der Waals surface area contributed by atoms with Crippen LogP contribution in [0.25, 0.3) is 0 Å². The summed E-state index contributed by atoms with van der Waals surface area (Å²) in [7, 11) is 0. The first-order valence-corrected chi connectivity index (χ1v) is 10.9. The Kier molecular flexibility index (Phi) is 12.4. The third-order valence-electron chi connectivity index (χ3n) is 4.50. The fourth-order valence-electron chi connectivity index (χ4n) is 3.03. The topological polar surface area (TPSA) is 151 Å². The van der Waals surface area contributed by atoms with Gasteiger partial charge in [-0.2, -0.15) is 0 Å². The van der Waals surface area contributed by atoms with E-state index in [1.54, 1.807) is 0 Å².